The lowest BCUT2D eigenvalue weighted by atomic mass is 9.85. The van der Waals surface area contributed by atoms with E-state index >= 15 is 0 Å². The first-order valence-electron chi connectivity index (χ1n) is 6.36. The Hall–Kier alpha value is -1.64. The van der Waals surface area contributed by atoms with Crippen LogP contribution in [0.15, 0.2) is 48.5 Å². The quantitative estimate of drug-likeness (QED) is 0.863. The molecule has 1 aliphatic carbocycles. The molecule has 3 N–H and O–H groups in total. The summed E-state index contributed by atoms with van der Waals surface area (Å²) in [4.78, 5) is 0. The van der Waals surface area contributed by atoms with Gasteiger partial charge in [0.05, 0.1) is 0 Å². The molecule has 2 nitrogen and oxygen atoms in total. The smallest absolute Gasteiger partial charge is 0.0480 e. The summed E-state index contributed by atoms with van der Waals surface area (Å²) in [5.74, 6) is 0.321. The average molecular weight is 239 g/mol. The van der Waals surface area contributed by atoms with Gasteiger partial charge in [-0.25, -0.2) is 0 Å². The van der Waals surface area contributed by atoms with Gasteiger partial charge in [0.25, 0.3) is 0 Å². The summed E-state index contributed by atoms with van der Waals surface area (Å²) in [6, 6.07) is 16.9. The Morgan fingerprint density at radius 2 is 1.44 bits per heavy atom. The molecule has 0 aliphatic heterocycles. The molecule has 0 fully saturated rings. The standard InChI is InChI=1S/C16H17NO/c17-9-11(10-18)16-14-7-3-1-5-12(14)13-6-2-4-8-15(13)16/h1-8,11,16,18H,9-10,17H2. The van der Waals surface area contributed by atoms with Crippen LogP contribution in [0.25, 0.3) is 11.1 Å². The molecule has 18 heavy (non-hydrogen) atoms. The first-order valence-corrected chi connectivity index (χ1v) is 6.36. The summed E-state index contributed by atoms with van der Waals surface area (Å²) in [6.07, 6.45) is 0. The Kier molecular flexibility index (Phi) is 2.90. The van der Waals surface area contributed by atoms with E-state index in [1.165, 1.54) is 22.3 Å². The first kappa shape index (κ1) is 11.5. The molecular weight excluding hydrogens is 222 g/mol. The molecule has 3 rings (SSSR count). The van der Waals surface area contributed by atoms with Gasteiger partial charge in [-0.15, -0.1) is 0 Å². The van der Waals surface area contributed by atoms with Crippen molar-refractivity contribution in [3.63, 3.8) is 0 Å². The summed E-state index contributed by atoms with van der Waals surface area (Å²) in [7, 11) is 0. The van der Waals surface area contributed by atoms with Crippen LogP contribution in [0.1, 0.15) is 17.0 Å². The van der Waals surface area contributed by atoms with E-state index in [0.29, 0.717) is 6.54 Å². The van der Waals surface area contributed by atoms with Crippen molar-refractivity contribution in [1.29, 1.82) is 0 Å². The van der Waals surface area contributed by atoms with Crippen LogP contribution in [0.2, 0.25) is 0 Å². The Balaban J connectivity index is 2.20. The Bertz CT molecular complexity index is 515. The minimum atomic E-state index is 0.0924. The summed E-state index contributed by atoms with van der Waals surface area (Å²) in [6.45, 7) is 0.633. The van der Waals surface area contributed by atoms with E-state index < -0.39 is 0 Å². The van der Waals surface area contributed by atoms with Gasteiger partial charge in [0.1, 0.15) is 0 Å². The number of fused-ring (bicyclic) bond motifs is 3. The second-order valence-corrected chi connectivity index (χ2v) is 4.83. The summed E-state index contributed by atoms with van der Waals surface area (Å²) in [5, 5.41) is 9.56. The number of benzene rings is 2. The number of aliphatic hydroxyl groups is 1. The lowest BCUT2D eigenvalue weighted by Crippen LogP contribution is -2.25. The molecule has 0 aromatic heterocycles. The van der Waals surface area contributed by atoms with Crippen LogP contribution >= 0.6 is 0 Å². The van der Waals surface area contributed by atoms with Crippen molar-refractivity contribution in [2.75, 3.05) is 13.2 Å². The van der Waals surface area contributed by atoms with Crippen molar-refractivity contribution in [3.05, 3.63) is 59.7 Å². The second-order valence-electron chi connectivity index (χ2n) is 4.83. The van der Waals surface area contributed by atoms with Crippen molar-refractivity contribution in [1.82, 2.24) is 0 Å². The molecule has 1 atom stereocenters. The second kappa shape index (κ2) is 4.56. The van der Waals surface area contributed by atoms with Crippen LogP contribution in [0.4, 0.5) is 0 Å². The lowest BCUT2D eigenvalue weighted by Gasteiger charge is -2.22. The molecule has 2 aromatic carbocycles. The van der Waals surface area contributed by atoms with E-state index in [1.807, 2.05) is 0 Å². The van der Waals surface area contributed by atoms with Crippen molar-refractivity contribution in [2.24, 2.45) is 11.7 Å². The maximum atomic E-state index is 9.56. The van der Waals surface area contributed by atoms with E-state index in [1.54, 1.807) is 0 Å². The fraction of sp³-hybridized carbons (Fsp3) is 0.250. The van der Waals surface area contributed by atoms with Gasteiger partial charge in [-0.1, -0.05) is 48.5 Å². The number of rotatable bonds is 3. The Labute approximate surface area is 107 Å². The molecule has 2 heteroatoms. The highest BCUT2D eigenvalue weighted by molar-refractivity contribution is 5.78. The van der Waals surface area contributed by atoms with Crippen LogP contribution in [0.5, 0.6) is 0 Å². The first-order chi connectivity index (χ1) is 8.86. The van der Waals surface area contributed by atoms with Crippen molar-refractivity contribution < 1.29 is 5.11 Å². The van der Waals surface area contributed by atoms with Gasteiger partial charge in [-0.3, -0.25) is 0 Å². The van der Waals surface area contributed by atoms with Gasteiger partial charge in [0.15, 0.2) is 0 Å². The van der Waals surface area contributed by atoms with Crippen LogP contribution in [0.3, 0.4) is 0 Å². The molecule has 92 valence electrons. The topological polar surface area (TPSA) is 46.2 Å². The summed E-state index contributed by atoms with van der Waals surface area (Å²) < 4.78 is 0. The third-order valence-corrected chi connectivity index (χ3v) is 3.89. The van der Waals surface area contributed by atoms with Gasteiger partial charge >= 0.3 is 0 Å². The van der Waals surface area contributed by atoms with Crippen LogP contribution in [0, 0.1) is 5.92 Å². The third-order valence-electron chi connectivity index (χ3n) is 3.89. The molecule has 0 radical (unpaired) electrons. The molecule has 0 saturated carbocycles. The SMILES string of the molecule is NCC(CO)C1c2ccccc2-c2ccccc21. The maximum absolute atomic E-state index is 9.56. The Morgan fingerprint density at radius 3 is 1.89 bits per heavy atom. The summed E-state index contributed by atoms with van der Waals surface area (Å²) >= 11 is 0. The van der Waals surface area contributed by atoms with Gasteiger partial charge < -0.3 is 10.8 Å². The van der Waals surface area contributed by atoms with Crippen molar-refractivity contribution >= 4 is 0 Å². The fourth-order valence-corrected chi connectivity index (χ4v) is 3.02. The normalized spacial score (nSPS) is 15.2. The van der Waals surface area contributed by atoms with Gasteiger partial charge in [-0.05, 0) is 28.8 Å². The van der Waals surface area contributed by atoms with E-state index in [-0.39, 0.29) is 18.4 Å². The zero-order chi connectivity index (χ0) is 12.5. The molecule has 0 heterocycles. The Morgan fingerprint density at radius 1 is 0.944 bits per heavy atom. The predicted molar refractivity (Wildman–Crippen MR) is 73.4 cm³/mol. The molecule has 0 spiro atoms. The molecule has 2 aromatic rings. The number of hydrogen-bond donors (Lipinski definition) is 2. The van der Waals surface area contributed by atoms with E-state index in [0.717, 1.165) is 0 Å². The van der Waals surface area contributed by atoms with E-state index in [4.69, 9.17) is 5.73 Å². The highest BCUT2D eigenvalue weighted by Gasteiger charge is 2.32. The van der Waals surface area contributed by atoms with Crippen LogP contribution in [-0.2, 0) is 0 Å². The molecule has 0 bridgehead atoms. The van der Waals surface area contributed by atoms with Crippen molar-refractivity contribution in [2.45, 2.75) is 5.92 Å². The number of aliphatic hydroxyl groups excluding tert-OH is 1. The van der Waals surface area contributed by atoms with Gasteiger partial charge in [-0.2, -0.15) is 0 Å². The fourth-order valence-electron chi connectivity index (χ4n) is 3.02. The number of nitrogens with two attached hydrogens (primary N) is 1. The van der Waals surface area contributed by atoms with E-state index in [9.17, 15) is 5.11 Å². The zero-order valence-electron chi connectivity index (χ0n) is 10.2. The number of hydrogen-bond acceptors (Lipinski definition) is 2. The lowest BCUT2D eigenvalue weighted by molar-refractivity contribution is 0.218. The third kappa shape index (κ3) is 1.57. The highest BCUT2D eigenvalue weighted by atomic mass is 16.3. The maximum Gasteiger partial charge on any atom is 0.0480 e. The van der Waals surface area contributed by atoms with Crippen LogP contribution in [-0.4, -0.2) is 18.3 Å². The minimum Gasteiger partial charge on any atom is -0.396 e. The minimum absolute atomic E-state index is 0.0924. The molecular formula is C16H17NO. The largest absolute Gasteiger partial charge is 0.396 e. The highest BCUT2D eigenvalue weighted by Crippen LogP contribution is 2.47. The average Bonchev–Trinajstić information content (AvgIpc) is 2.76. The predicted octanol–water partition coefficient (Wildman–Crippen LogP) is 2.37. The molecule has 1 unspecified atom stereocenters. The molecule has 0 saturated heterocycles. The van der Waals surface area contributed by atoms with Gasteiger partial charge in [0.2, 0.25) is 0 Å². The van der Waals surface area contributed by atoms with Gasteiger partial charge in [0, 0.05) is 18.4 Å². The monoisotopic (exact) mass is 239 g/mol. The van der Waals surface area contributed by atoms with Crippen molar-refractivity contribution in [3.8, 4) is 11.1 Å². The van der Waals surface area contributed by atoms with Crippen LogP contribution < -0.4 is 5.73 Å². The van der Waals surface area contributed by atoms with E-state index in [2.05, 4.69) is 48.5 Å². The summed E-state index contributed by atoms with van der Waals surface area (Å²) in [5.41, 5.74) is 11.0. The zero-order valence-corrected chi connectivity index (χ0v) is 10.2. The molecule has 0 amide bonds. The molecule has 1 aliphatic rings.